The Balaban J connectivity index is 1.90. The Bertz CT molecular complexity index is 207. The Labute approximate surface area is 121 Å². The molecule has 0 atom stereocenters. The second-order valence-electron chi connectivity index (χ2n) is 6.91. The summed E-state index contributed by atoms with van der Waals surface area (Å²) in [6, 6.07) is 0. The van der Waals surface area contributed by atoms with Crippen LogP contribution in [0.2, 0.25) is 0 Å². The topological polar surface area (TPSA) is 15.3 Å². The number of hydrogen-bond acceptors (Lipinski definition) is 2. The minimum absolute atomic E-state index is 0.549. The number of nitrogens with zero attached hydrogens (tertiary/aromatic N) is 1. The summed E-state index contributed by atoms with van der Waals surface area (Å²) in [6.07, 6.45) is 12.6. The number of likely N-dealkylation sites (tertiary alicyclic amines) is 1. The third kappa shape index (κ3) is 7.94. The Morgan fingerprint density at radius 2 is 1.53 bits per heavy atom. The molecular formula is C17H36N2. The van der Waals surface area contributed by atoms with Crippen LogP contribution in [0.15, 0.2) is 0 Å². The van der Waals surface area contributed by atoms with E-state index in [0.29, 0.717) is 5.41 Å². The van der Waals surface area contributed by atoms with Gasteiger partial charge in [0.25, 0.3) is 0 Å². The van der Waals surface area contributed by atoms with Crippen LogP contribution in [0.25, 0.3) is 0 Å². The number of hydrogen-bond donors (Lipinski definition) is 1. The summed E-state index contributed by atoms with van der Waals surface area (Å²) in [5, 5.41) is 3.69. The van der Waals surface area contributed by atoms with Crippen molar-refractivity contribution in [1.29, 1.82) is 0 Å². The molecule has 0 spiro atoms. The highest BCUT2D eigenvalue weighted by molar-refractivity contribution is 4.83. The van der Waals surface area contributed by atoms with Gasteiger partial charge in [-0.1, -0.05) is 52.4 Å². The standard InChI is InChI=1S/C17H36N2/c1-4-5-6-7-8-9-10-13-18-16-17(2)11-14-19(3)15-12-17/h18H,4-16H2,1-3H3. The van der Waals surface area contributed by atoms with Gasteiger partial charge in [0.2, 0.25) is 0 Å². The maximum absolute atomic E-state index is 3.69. The second kappa shape index (κ2) is 9.77. The molecule has 0 aliphatic carbocycles. The van der Waals surface area contributed by atoms with E-state index in [0.717, 1.165) is 0 Å². The zero-order chi connectivity index (χ0) is 14.0. The van der Waals surface area contributed by atoms with E-state index in [1.54, 1.807) is 0 Å². The molecule has 114 valence electrons. The third-order valence-corrected chi connectivity index (χ3v) is 4.70. The molecule has 1 aliphatic heterocycles. The fourth-order valence-corrected chi connectivity index (χ4v) is 2.93. The molecule has 1 aliphatic rings. The average molecular weight is 268 g/mol. The van der Waals surface area contributed by atoms with E-state index in [9.17, 15) is 0 Å². The zero-order valence-corrected chi connectivity index (χ0v) is 13.6. The summed E-state index contributed by atoms with van der Waals surface area (Å²) in [5.41, 5.74) is 0.549. The van der Waals surface area contributed by atoms with E-state index in [4.69, 9.17) is 0 Å². The minimum Gasteiger partial charge on any atom is -0.316 e. The largest absolute Gasteiger partial charge is 0.316 e. The summed E-state index contributed by atoms with van der Waals surface area (Å²) in [6.45, 7) is 9.73. The first-order valence-corrected chi connectivity index (χ1v) is 8.55. The van der Waals surface area contributed by atoms with Crippen molar-refractivity contribution in [3.8, 4) is 0 Å². The van der Waals surface area contributed by atoms with Crippen LogP contribution in [0, 0.1) is 5.41 Å². The molecule has 0 aromatic heterocycles. The number of rotatable bonds is 10. The number of piperidine rings is 1. The minimum atomic E-state index is 0.549. The summed E-state index contributed by atoms with van der Waals surface area (Å²) in [5.74, 6) is 0. The highest BCUT2D eigenvalue weighted by Gasteiger charge is 2.27. The van der Waals surface area contributed by atoms with Crippen molar-refractivity contribution in [3.63, 3.8) is 0 Å². The van der Waals surface area contributed by atoms with Crippen molar-refractivity contribution in [2.75, 3.05) is 33.2 Å². The van der Waals surface area contributed by atoms with Gasteiger partial charge in [0.1, 0.15) is 0 Å². The fourth-order valence-electron chi connectivity index (χ4n) is 2.93. The van der Waals surface area contributed by atoms with Gasteiger partial charge in [-0.05, 0) is 51.4 Å². The quantitative estimate of drug-likeness (QED) is 0.601. The van der Waals surface area contributed by atoms with Crippen molar-refractivity contribution < 1.29 is 0 Å². The molecular weight excluding hydrogens is 232 g/mol. The monoisotopic (exact) mass is 268 g/mol. The first kappa shape index (κ1) is 17.0. The maximum Gasteiger partial charge on any atom is 0.000612 e. The molecule has 1 heterocycles. The van der Waals surface area contributed by atoms with Crippen LogP contribution in [0.1, 0.15) is 71.6 Å². The summed E-state index contributed by atoms with van der Waals surface area (Å²) in [7, 11) is 2.24. The fraction of sp³-hybridized carbons (Fsp3) is 1.00. The normalized spacial score (nSPS) is 19.7. The first-order chi connectivity index (χ1) is 9.16. The number of unbranched alkanes of at least 4 members (excludes halogenated alkanes) is 6. The van der Waals surface area contributed by atoms with E-state index >= 15 is 0 Å². The van der Waals surface area contributed by atoms with Gasteiger partial charge in [0.05, 0.1) is 0 Å². The van der Waals surface area contributed by atoms with Gasteiger partial charge in [-0.25, -0.2) is 0 Å². The third-order valence-electron chi connectivity index (χ3n) is 4.70. The van der Waals surface area contributed by atoms with Gasteiger partial charge in [-0.2, -0.15) is 0 Å². The van der Waals surface area contributed by atoms with Crippen molar-refractivity contribution >= 4 is 0 Å². The molecule has 0 aromatic carbocycles. The van der Waals surface area contributed by atoms with Gasteiger partial charge in [-0.3, -0.25) is 0 Å². The molecule has 0 aromatic rings. The van der Waals surface area contributed by atoms with Crippen molar-refractivity contribution in [1.82, 2.24) is 10.2 Å². The van der Waals surface area contributed by atoms with E-state index in [1.165, 1.54) is 84.0 Å². The lowest BCUT2D eigenvalue weighted by Crippen LogP contribution is -2.42. The maximum atomic E-state index is 3.69. The lowest BCUT2D eigenvalue weighted by Gasteiger charge is -2.38. The molecule has 0 saturated carbocycles. The molecule has 1 fully saturated rings. The summed E-state index contributed by atoms with van der Waals surface area (Å²) < 4.78 is 0. The molecule has 1 saturated heterocycles. The van der Waals surface area contributed by atoms with E-state index in [2.05, 4.69) is 31.1 Å². The Kier molecular flexibility index (Phi) is 8.72. The smallest absolute Gasteiger partial charge is 0.000612 e. The predicted octanol–water partition coefficient (Wildman–Crippen LogP) is 4.06. The summed E-state index contributed by atoms with van der Waals surface area (Å²) >= 11 is 0. The lowest BCUT2D eigenvalue weighted by molar-refractivity contribution is 0.137. The molecule has 1 rings (SSSR count). The van der Waals surface area contributed by atoms with E-state index in [1.807, 2.05) is 0 Å². The van der Waals surface area contributed by atoms with Crippen LogP contribution >= 0.6 is 0 Å². The Morgan fingerprint density at radius 1 is 0.947 bits per heavy atom. The SMILES string of the molecule is CCCCCCCCCNCC1(C)CCN(C)CC1. The lowest BCUT2D eigenvalue weighted by atomic mass is 9.80. The number of nitrogens with one attached hydrogen (secondary N) is 1. The van der Waals surface area contributed by atoms with Crippen molar-refractivity contribution in [3.05, 3.63) is 0 Å². The molecule has 0 radical (unpaired) electrons. The van der Waals surface area contributed by atoms with Crippen LogP contribution in [0.4, 0.5) is 0 Å². The van der Waals surface area contributed by atoms with Crippen LogP contribution in [-0.2, 0) is 0 Å². The highest BCUT2D eigenvalue weighted by atomic mass is 15.1. The van der Waals surface area contributed by atoms with Crippen molar-refractivity contribution in [2.24, 2.45) is 5.41 Å². The molecule has 0 unspecified atom stereocenters. The zero-order valence-electron chi connectivity index (χ0n) is 13.6. The average Bonchev–Trinajstić information content (AvgIpc) is 2.41. The van der Waals surface area contributed by atoms with Crippen LogP contribution < -0.4 is 5.32 Å². The van der Waals surface area contributed by atoms with Gasteiger partial charge >= 0.3 is 0 Å². The van der Waals surface area contributed by atoms with Crippen molar-refractivity contribution in [2.45, 2.75) is 71.6 Å². The van der Waals surface area contributed by atoms with Crippen LogP contribution in [-0.4, -0.2) is 38.1 Å². The first-order valence-electron chi connectivity index (χ1n) is 8.55. The van der Waals surface area contributed by atoms with Gasteiger partial charge in [0, 0.05) is 6.54 Å². The van der Waals surface area contributed by atoms with E-state index in [-0.39, 0.29) is 0 Å². The molecule has 2 heteroatoms. The summed E-state index contributed by atoms with van der Waals surface area (Å²) in [4.78, 5) is 2.46. The van der Waals surface area contributed by atoms with Crippen LogP contribution in [0.5, 0.6) is 0 Å². The molecule has 0 amide bonds. The molecule has 1 N–H and O–H groups in total. The van der Waals surface area contributed by atoms with Gasteiger partial charge < -0.3 is 10.2 Å². The molecule has 2 nitrogen and oxygen atoms in total. The Morgan fingerprint density at radius 3 is 2.16 bits per heavy atom. The predicted molar refractivity (Wildman–Crippen MR) is 85.7 cm³/mol. The van der Waals surface area contributed by atoms with Gasteiger partial charge in [-0.15, -0.1) is 0 Å². The van der Waals surface area contributed by atoms with E-state index < -0.39 is 0 Å². The van der Waals surface area contributed by atoms with Crippen LogP contribution in [0.3, 0.4) is 0 Å². The molecule has 0 bridgehead atoms. The molecule has 19 heavy (non-hydrogen) atoms. The highest BCUT2D eigenvalue weighted by Crippen LogP contribution is 2.29. The second-order valence-corrected chi connectivity index (χ2v) is 6.91. The Hall–Kier alpha value is -0.0800. The van der Waals surface area contributed by atoms with Gasteiger partial charge in [0.15, 0.2) is 0 Å².